The van der Waals surface area contributed by atoms with Crippen LogP contribution in [-0.4, -0.2) is 4.92 Å². The maximum atomic E-state index is 11.8. The Kier molecular flexibility index (Phi) is 3.64. The molecule has 0 radical (unpaired) electrons. The first-order chi connectivity index (χ1) is 14.7. The van der Waals surface area contributed by atoms with Crippen LogP contribution in [0.3, 0.4) is 0 Å². The molecule has 0 saturated carbocycles. The molecule has 1 heterocycles. The summed E-state index contributed by atoms with van der Waals surface area (Å²) >= 11 is 1.76. The molecule has 30 heavy (non-hydrogen) atoms. The molecule has 0 saturated heterocycles. The van der Waals surface area contributed by atoms with E-state index in [4.69, 9.17) is 0 Å². The Morgan fingerprint density at radius 3 is 2.13 bits per heavy atom. The summed E-state index contributed by atoms with van der Waals surface area (Å²) in [5.74, 6) is 0. The van der Waals surface area contributed by atoms with Gasteiger partial charge >= 0.3 is 0 Å². The topological polar surface area (TPSA) is 43.1 Å². The van der Waals surface area contributed by atoms with E-state index in [0.29, 0.717) is 5.56 Å². The monoisotopic (exact) mass is 405 g/mol. The highest BCUT2D eigenvalue weighted by Crippen LogP contribution is 2.43. The average Bonchev–Trinajstić information content (AvgIpc) is 3.16. The van der Waals surface area contributed by atoms with Gasteiger partial charge in [0.1, 0.15) is 0 Å². The highest BCUT2D eigenvalue weighted by atomic mass is 32.1. The maximum Gasteiger partial charge on any atom is 0.277 e. The van der Waals surface area contributed by atoms with E-state index in [-0.39, 0.29) is 10.6 Å². The van der Waals surface area contributed by atoms with Gasteiger partial charge < -0.3 is 0 Å². The molecule has 6 aromatic rings. The average molecular weight is 405 g/mol. The first-order valence-electron chi connectivity index (χ1n) is 9.71. The number of benzene rings is 5. The summed E-state index contributed by atoms with van der Waals surface area (Å²) in [5.41, 5.74) is 1.69. The number of nitrogens with zero attached hydrogens (tertiary/aromatic N) is 1. The van der Waals surface area contributed by atoms with Crippen LogP contribution >= 0.6 is 11.3 Å². The van der Waals surface area contributed by atoms with Crippen molar-refractivity contribution in [2.24, 2.45) is 0 Å². The minimum absolute atomic E-state index is 0.137. The molecule has 0 atom stereocenters. The molecule has 0 aliphatic carbocycles. The SMILES string of the molecule is O=[N+]([O-])c1ccc2ccccc2c1-c1ccc2sc3ccc4ccccc4c3c2c1. The molecule has 1 aromatic heterocycles. The molecule has 0 amide bonds. The van der Waals surface area contributed by atoms with E-state index in [0.717, 1.165) is 21.7 Å². The first-order valence-corrected chi connectivity index (χ1v) is 10.5. The zero-order valence-corrected chi connectivity index (χ0v) is 16.6. The van der Waals surface area contributed by atoms with Crippen molar-refractivity contribution >= 4 is 58.7 Å². The number of fused-ring (bicyclic) bond motifs is 6. The molecular weight excluding hydrogens is 390 g/mol. The normalized spacial score (nSPS) is 11.6. The van der Waals surface area contributed by atoms with Crippen LogP contribution in [0.25, 0.3) is 52.8 Å². The van der Waals surface area contributed by atoms with Crippen LogP contribution in [0.2, 0.25) is 0 Å². The fourth-order valence-corrected chi connectivity index (χ4v) is 5.52. The van der Waals surface area contributed by atoms with Crippen molar-refractivity contribution in [3.63, 3.8) is 0 Å². The minimum Gasteiger partial charge on any atom is -0.258 e. The number of nitro benzene ring substituents is 1. The Balaban J connectivity index is 1.74. The molecule has 6 rings (SSSR count). The third-order valence-corrected chi connectivity index (χ3v) is 6.89. The Bertz CT molecular complexity index is 1630. The van der Waals surface area contributed by atoms with Crippen molar-refractivity contribution in [2.45, 2.75) is 0 Å². The maximum absolute atomic E-state index is 11.8. The van der Waals surface area contributed by atoms with Gasteiger partial charge in [-0.1, -0.05) is 60.7 Å². The van der Waals surface area contributed by atoms with E-state index in [2.05, 4.69) is 42.5 Å². The molecular formula is C26H15NO2S. The molecule has 3 nitrogen and oxygen atoms in total. The molecule has 0 bridgehead atoms. The minimum atomic E-state index is -0.285. The number of hydrogen-bond acceptors (Lipinski definition) is 3. The number of rotatable bonds is 2. The predicted molar refractivity (Wildman–Crippen MR) is 126 cm³/mol. The van der Waals surface area contributed by atoms with Crippen LogP contribution in [-0.2, 0) is 0 Å². The van der Waals surface area contributed by atoms with Crippen LogP contribution in [0.4, 0.5) is 5.69 Å². The summed E-state index contributed by atoms with van der Waals surface area (Å²) < 4.78 is 2.42. The smallest absolute Gasteiger partial charge is 0.258 e. The van der Waals surface area contributed by atoms with E-state index in [1.807, 2.05) is 42.5 Å². The van der Waals surface area contributed by atoms with Gasteiger partial charge in [-0.15, -0.1) is 11.3 Å². The van der Waals surface area contributed by atoms with Gasteiger partial charge in [-0.05, 0) is 51.4 Å². The van der Waals surface area contributed by atoms with Crippen molar-refractivity contribution in [1.29, 1.82) is 0 Å². The number of hydrogen-bond donors (Lipinski definition) is 0. The number of nitro groups is 1. The number of thiophene rings is 1. The van der Waals surface area contributed by atoms with Crippen LogP contribution in [0, 0.1) is 10.1 Å². The molecule has 5 aromatic carbocycles. The van der Waals surface area contributed by atoms with Crippen LogP contribution < -0.4 is 0 Å². The van der Waals surface area contributed by atoms with E-state index in [1.165, 1.54) is 25.6 Å². The zero-order chi connectivity index (χ0) is 20.2. The van der Waals surface area contributed by atoms with Crippen molar-refractivity contribution in [2.75, 3.05) is 0 Å². The fraction of sp³-hybridized carbons (Fsp3) is 0. The summed E-state index contributed by atoms with van der Waals surface area (Å²) in [4.78, 5) is 11.6. The van der Waals surface area contributed by atoms with Crippen molar-refractivity contribution in [3.05, 3.63) is 101 Å². The van der Waals surface area contributed by atoms with Gasteiger partial charge in [-0.25, -0.2) is 0 Å². The highest BCUT2D eigenvalue weighted by molar-refractivity contribution is 7.26. The molecule has 0 N–H and O–H groups in total. The summed E-state index contributed by atoms with van der Waals surface area (Å²) in [6, 6.07) is 30.2. The lowest BCUT2D eigenvalue weighted by Gasteiger charge is -2.09. The van der Waals surface area contributed by atoms with E-state index >= 15 is 0 Å². The van der Waals surface area contributed by atoms with Gasteiger partial charge in [0.05, 0.1) is 10.5 Å². The Labute approximate surface area is 176 Å². The molecule has 0 fully saturated rings. The summed E-state index contributed by atoms with van der Waals surface area (Å²) in [7, 11) is 0. The lowest BCUT2D eigenvalue weighted by molar-refractivity contribution is -0.384. The fourth-order valence-electron chi connectivity index (χ4n) is 4.42. The molecule has 0 spiro atoms. The second-order valence-electron chi connectivity index (χ2n) is 7.41. The van der Waals surface area contributed by atoms with Crippen molar-refractivity contribution < 1.29 is 4.92 Å². The van der Waals surface area contributed by atoms with Crippen LogP contribution in [0.5, 0.6) is 0 Å². The van der Waals surface area contributed by atoms with Gasteiger partial charge in [0.25, 0.3) is 5.69 Å². The van der Waals surface area contributed by atoms with E-state index in [9.17, 15) is 10.1 Å². The largest absolute Gasteiger partial charge is 0.277 e. The van der Waals surface area contributed by atoms with Gasteiger partial charge in [0, 0.05) is 26.2 Å². The molecule has 0 aliphatic rings. The summed E-state index contributed by atoms with van der Waals surface area (Å²) in [6.07, 6.45) is 0. The second kappa shape index (κ2) is 6.37. The van der Waals surface area contributed by atoms with Gasteiger partial charge in [0.2, 0.25) is 0 Å². The summed E-state index contributed by atoms with van der Waals surface area (Å²) in [6.45, 7) is 0. The Hall–Kier alpha value is -3.76. The van der Waals surface area contributed by atoms with Crippen molar-refractivity contribution in [3.8, 4) is 11.1 Å². The molecule has 4 heteroatoms. The van der Waals surface area contributed by atoms with Crippen LogP contribution in [0.15, 0.2) is 91.0 Å². The van der Waals surface area contributed by atoms with E-state index < -0.39 is 0 Å². The Morgan fingerprint density at radius 1 is 0.667 bits per heavy atom. The lowest BCUT2D eigenvalue weighted by atomic mass is 9.95. The Morgan fingerprint density at radius 2 is 1.33 bits per heavy atom. The van der Waals surface area contributed by atoms with Gasteiger partial charge in [0.15, 0.2) is 0 Å². The van der Waals surface area contributed by atoms with Crippen LogP contribution in [0.1, 0.15) is 0 Å². The van der Waals surface area contributed by atoms with Crippen molar-refractivity contribution in [1.82, 2.24) is 0 Å². The molecule has 0 aliphatic heterocycles. The predicted octanol–water partition coefficient (Wildman–Crippen LogP) is 7.94. The molecule has 0 unspecified atom stereocenters. The van der Waals surface area contributed by atoms with E-state index in [1.54, 1.807) is 17.4 Å². The second-order valence-corrected chi connectivity index (χ2v) is 8.49. The lowest BCUT2D eigenvalue weighted by Crippen LogP contribution is -1.93. The first kappa shape index (κ1) is 17.1. The summed E-state index contributed by atoms with van der Waals surface area (Å²) in [5, 5.41) is 18.5. The highest BCUT2D eigenvalue weighted by Gasteiger charge is 2.19. The molecule has 142 valence electrons. The zero-order valence-electron chi connectivity index (χ0n) is 15.8. The standard InChI is InChI=1S/C26H15NO2S/c28-27(29)22-12-9-16-5-1-3-7-19(16)25(22)18-11-13-23-21(15-18)26-20-8-4-2-6-17(20)10-14-24(26)30-23/h1-15H. The quantitative estimate of drug-likeness (QED) is 0.217. The third kappa shape index (κ3) is 2.44. The van der Waals surface area contributed by atoms with Gasteiger partial charge in [-0.2, -0.15) is 0 Å². The third-order valence-electron chi connectivity index (χ3n) is 5.75. The van der Waals surface area contributed by atoms with Gasteiger partial charge in [-0.3, -0.25) is 10.1 Å².